The van der Waals surface area contributed by atoms with Gasteiger partial charge in [-0.1, -0.05) is 48.5 Å². The van der Waals surface area contributed by atoms with Gasteiger partial charge in [-0.25, -0.2) is 0 Å². The molecule has 0 saturated carbocycles. The van der Waals surface area contributed by atoms with Crippen LogP contribution in [0.1, 0.15) is 134 Å². The fraction of sp³-hybridized carbons (Fsp3) is 0.566. The predicted molar refractivity (Wildman–Crippen MR) is 268 cm³/mol. The van der Waals surface area contributed by atoms with Crippen LogP contribution < -0.4 is 31.9 Å². The van der Waals surface area contributed by atoms with Gasteiger partial charge in [-0.3, -0.25) is 43.5 Å². The lowest BCUT2D eigenvalue weighted by molar-refractivity contribution is -0.144. The number of nitrogens with zero attached hydrogens (tertiary/aromatic N) is 3. The molecule has 6 amide bonds. The number of fused-ring (bicyclic) bond motifs is 2. The third-order valence-electron chi connectivity index (χ3n) is 15.2. The summed E-state index contributed by atoms with van der Waals surface area (Å²) in [5, 5.41) is 45.6. The number of carbonyl (C=O) groups is 8. The molecule has 2 saturated heterocycles. The van der Waals surface area contributed by atoms with Crippen LogP contribution >= 0.6 is 0 Å². The molecule has 1 unspecified atom stereocenters. The first kappa shape index (κ1) is 54.4. The summed E-state index contributed by atoms with van der Waals surface area (Å²) in [6.45, 7) is 5.91. The lowest BCUT2D eigenvalue weighted by atomic mass is 9.87. The SMILES string of the molecule is CN[C@@H](C)C(=O)N[C@H](C(=O)N1C[C@@H](CC(=O)c2cc(C(=O)C[C@H]3C[C@@H](C(=O)N[C@@H]4CCCc5ccccc54)N(C(=O)[C@@H](NC(=O)[C@H](C)NC)[C@@H](C)O)C3)[nH]n2)C[C@H]1C(=O)NC1CCCc2ccccc21)[C@@H](C)O. The Labute approximate surface area is 425 Å². The van der Waals surface area contributed by atoms with Gasteiger partial charge in [0.05, 0.1) is 36.4 Å². The van der Waals surface area contributed by atoms with Gasteiger partial charge in [0.25, 0.3) is 0 Å². The van der Waals surface area contributed by atoms with Gasteiger partial charge in [0.1, 0.15) is 35.6 Å². The molecular formula is C53H72N10O10. The minimum atomic E-state index is -1.37. The second kappa shape index (κ2) is 24.1. The Balaban J connectivity index is 1.05. The summed E-state index contributed by atoms with van der Waals surface area (Å²) in [6.07, 6.45) is 2.18. The minimum absolute atomic E-state index is 0.0302. The van der Waals surface area contributed by atoms with Gasteiger partial charge in [0, 0.05) is 25.9 Å². The summed E-state index contributed by atoms with van der Waals surface area (Å²) in [6, 6.07) is 10.3. The van der Waals surface area contributed by atoms with E-state index in [0.717, 1.165) is 47.9 Å². The number of likely N-dealkylation sites (N-methyl/N-ethyl adjacent to an activating group) is 2. The van der Waals surface area contributed by atoms with Crippen LogP contribution in [0.3, 0.4) is 0 Å². The maximum Gasteiger partial charge on any atom is 0.248 e. The molecule has 2 fully saturated rings. The molecule has 2 aromatic carbocycles. The number of nitrogens with one attached hydrogen (secondary N) is 7. The molecule has 20 nitrogen and oxygen atoms in total. The first-order valence-corrected chi connectivity index (χ1v) is 25.7. The van der Waals surface area contributed by atoms with Gasteiger partial charge in [-0.05, 0) is 133 Å². The maximum absolute atomic E-state index is 14.3. The standard InChI is InChI=1S/C53H72N10O10/c1-28(54-5)48(68)58-46(30(3)64)52(72)62-26-32(21-42(62)50(70)56-38-19-11-15-34-13-7-9-17-36(34)38)23-44(66)40-25-41(61-60-40)45(67)24-33-22-43(51(71)57-39-20-12-16-35-14-8-10-18-37(35)39)63(27-33)53(73)47(31(4)65)59-49(69)29(2)55-6/h7-10,13-14,17-18,25,28-33,38-39,42-43,46-47,54-55,64-65H,11-12,15-16,19-24,26-27H2,1-6H3,(H,56,70)(H,57,71)(H,58,68)(H,59,69)(H,60,61)/t28-,29-,30+,31+,32+,33+,38+,39?,42-,43-,46-,47-/m0/s1. The summed E-state index contributed by atoms with van der Waals surface area (Å²) in [4.78, 5) is 114. The number of aryl methyl sites for hydroxylation is 2. The largest absolute Gasteiger partial charge is 0.391 e. The Bertz CT molecular complexity index is 2360. The number of aromatic amines is 1. The number of ketones is 2. The molecule has 0 radical (unpaired) electrons. The van der Waals surface area contributed by atoms with E-state index in [9.17, 15) is 48.6 Å². The van der Waals surface area contributed by atoms with Crippen LogP contribution in [0.25, 0.3) is 0 Å². The van der Waals surface area contributed by atoms with E-state index in [1.165, 1.54) is 29.7 Å². The fourth-order valence-corrected chi connectivity index (χ4v) is 10.8. The number of H-pyrrole nitrogens is 1. The lowest BCUT2D eigenvalue weighted by Crippen LogP contribution is -2.59. The molecular weight excluding hydrogens is 937 g/mol. The smallest absolute Gasteiger partial charge is 0.248 e. The number of aromatic nitrogens is 2. The zero-order valence-corrected chi connectivity index (χ0v) is 42.6. The number of aliphatic hydroxyl groups is 2. The number of amides is 6. The topological polar surface area (TPSA) is 284 Å². The van der Waals surface area contributed by atoms with E-state index in [1.807, 2.05) is 48.5 Å². The van der Waals surface area contributed by atoms with Gasteiger partial charge >= 0.3 is 0 Å². The fourth-order valence-electron chi connectivity index (χ4n) is 10.8. The number of likely N-dealkylation sites (tertiary alicyclic amines) is 2. The second-order valence-electron chi connectivity index (χ2n) is 20.4. The molecule has 9 N–H and O–H groups in total. The number of benzene rings is 2. The Morgan fingerprint density at radius 3 is 1.49 bits per heavy atom. The van der Waals surface area contributed by atoms with Crippen molar-refractivity contribution in [2.75, 3.05) is 27.2 Å². The van der Waals surface area contributed by atoms with Crippen molar-refractivity contribution in [3.05, 3.63) is 88.2 Å². The van der Waals surface area contributed by atoms with Crippen molar-refractivity contribution in [3.63, 3.8) is 0 Å². The first-order valence-electron chi connectivity index (χ1n) is 25.7. The molecule has 1 aromatic heterocycles. The van der Waals surface area contributed by atoms with Crippen molar-refractivity contribution in [3.8, 4) is 0 Å². The highest BCUT2D eigenvalue weighted by molar-refractivity contribution is 6.00. The Morgan fingerprint density at radius 1 is 0.644 bits per heavy atom. The van der Waals surface area contributed by atoms with Crippen molar-refractivity contribution >= 4 is 47.0 Å². The van der Waals surface area contributed by atoms with E-state index in [-0.39, 0.29) is 62.2 Å². The second-order valence-corrected chi connectivity index (χ2v) is 20.4. The molecule has 73 heavy (non-hydrogen) atoms. The highest BCUT2D eigenvalue weighted by atomic mass is 16.3. The highest BCUT2D eigenvalue weighted by Gasteiger charge is 2.46. The third-order valence-corrected chi connectivity index (χ3v) is 15.2. The molecule has 0 bridgehead atoms. The summed E-state index contributed by atoms with van der Waals surface area (Å²) < 4.78 is 0. The van der Waals surface area contributed by atoms with E-state index in [0.29, 0.717) is 12.8 Å². The molecule has 3 heterocycles. The van der Waals surface area contributed by atoms with Crippen molar-refractivity contribution in [2.45, 2.75) is 152 Å². The number of hydrogen-bond acceptors (Lipinski definition) is 13. The van der Waals surface area contributed by atoms with E-state index < -0.39 is 107 Å². The number of carbonyl (C=O) groups excluding carboxylic acids is 8. The zero-order valence-electron chi connectivity index (χ0n) is 42.6. The first-order chi connectivity index (χ1) is 34.9. The van der Waals surface area contributed by atoms with Crippen LogP contribution in [-0.2, 0) is 41.6 Å². The lowest BCUT2D eigenvalue weighted by Gasteiger charge is -2.32. The van der Waals surface area contributed by atoms with Gasteiger partial charge in [0.15, 0.2) is 11.6 Å². The normalized spacial score (nSPS) is 23.9. The van der Waals surface area contributed by atoms with Crippen LogP contribution in [0.15, 0.2) is 54.6 Å². The zero-order chi connectivity index (χ0) is 52.7. The number of rotatable bonds is 20. The van der Waals surface area contributed by atoms with Crippen molar-refractivity contribution < 1.29 is 48.6 Å². The predicted octanol–water partition coefficient (Wildman–Crippen LogP) is 1.32. The van der Waals surface area contributed by atoms with Crippen LogP contribution in [0.5, 0.6) is 0 Å². The summed E-state index contributed by atoms with van der Waals surface area (Å²) in [5.41, 5.74) is 4.25. The van der Waals surface area contributed by atoms with E-state index >= 15 is 0 Å². The van der Waals surface area contributed by atoms with Crippen LogP contribution in [0, 0.1) is 11.8 Å². The Hall–Kier alpha value is -6.35. The van der Waals surface area contributed by atoms with Crippen LogP contribution in [-0.4, -0.2) is 153 Å². The number of Topliss-reactive ketones (excluding diaryl/α,β-unsaturated/α-hetero) is 2. The van der Waals surface area contributed by atoms with E-state index in [4.69, 9.17) is 0 Å². The van der Waals surface area contributed by atoms with Crippen LogP contribution in [0.2, 0.25) is 0 Å². The van der Waals surface area contributed by atoms with E-state index in [1.54, 1.807) is 27.9 Å². The van der Waals surface area contributed by atoms with Gasteiger partial charge in [-0.2, -0.15) is 5.10 Å². The molecule has 4 aliphatic rings. The van der Waals surface area contributed by atoms with Gasteiger partial charge < -0.3 is 51.9 Å². The average Bonchev–Trinajstić information content (AvgIpc) is 4.16. The van der Waals surface area contributed by atoms with Gasteiger partial charge in [-0.15, -0.1) is 0 Å². The van der Waals surface area contributed by atoms with Gasteiger partial charge in [0.2, 0.25) is 35.4 Å². The van der Waals surface area contributed by atoms with Crippen LogP contribution in [0.4, 0.5) is 0 Å². The summed E-state index contributed by atoms with van der Waals surface area (Å²) >= 11 is 0. The Kier molecular flexibility index (Phi) is 18.0. The Morgan fingerprint density at radius 2 is 1.07 bits per heavy atom. The maximum atomic E-state index is 14.3. The number of aliphatic hydroxyl groups excluding tert-OH is 2. The van der Waals surface area contributed by atoms with Crippen molar-refractivity contribution in [1.29, 1.82) is 0 Å². The highest BCUT2D eigenvalue weighted by Crippen LogP contribution is 2.35. The summed E-state index contributed by atoms with van der Waals surface area (Å²) in [5.74, 6) is -5.15. The molecule has 20 heteroatoms. The molecule has 12 atom stereocenters. The summed E-state index contributed by atoms with van der Waals surface area (Å²) in [7, 11) is 3.17. The number of hydrogen-bond donors (Lipinski definition) is 9. The molecule has 394 valence electrons. The van der Waals surface area contributed by atoms with Crippen molar-refractivity contribution in [2.24, 2.45) is 11.8 Å². The molecule has 2 aliphatic carbocycles. The van der Waals surface area contributed by atoms with Crippen molar-refractivity contribution in [1.82, 2.24) is 51.9 Å². The van der Waals surface area contributed by atoms with E-state index in [2.05, 4.69) is 42.1 Å². The third kappa shape index (κ3) is 12.7. The quantitative estimate of drug-likeness (QED) is 0.0724. The molecule has 3 aromatic rings. The molecule has 2 aliphatic heterocycles. The monoisotopic (exact) mass is 1010 g/mol. The average molecular weight is 1010 g/mol. The minimum Gasteiger partial charge on any atom is -0.391 e. The molecule has 7 rings (SSSR count). The molecule has 0 spiro atoms.